The fourth-order valence-electron chi connectivity index (χ4n) is 2.27. The largest absolute Gasteiger partial charge is 0.370 e. The Kier molecular flexibility index (Phi) is 5.51. The maximum absolute atomic E-state index is 12.7. The van der Waals surface area contributed by atoms with E-state index in [1.807, 2.05) is 18.7 Å². The Hall–Kier alpha value is -0.790. The van der Waals surface area contributed by atoms with Gasteiger partial charge in [-0.2, -0.15) is 16.1 Å². The highest BCUT2D eigenvalue weighted by atomic mass is 32.2. The standard InChI is InChI=1S/C14H23N3O2S2/c1-4-7-15-14-6-5-13(10-16-14)21(18,19)17-8-9-20-12(3)11(17)2/h5-6,10-12H,4,7-9H2,1-3H3,(H,15,16). The van der Waals surface area contributed by atoms with E-state index in [0.717, 1.165) is 18.7 Å². The second-order valence-corrected chi connectivity index (χ2v) is 8.61. The van der Waals surface area contributed by atoms with Crippen molar-refractivity contribution in [3.63, 3.8) is 0 Å². The molecule has 0 aliphatic carbocycles. The molecule has 1 aliphatic heterocycles. The first-order valence-corrected chi connectivity index (χ1v) is 9.79. The summed E-state index contributed by atoms with van der Waals surface area (Å²) in [5.74, 6) is 1.56. The van der Waals surface area contributed by atoms with Gasteiger partial charge in [0.05, 0.1) is 0 Å². The molecule has 0 amide bonds. The van der Waals surface area contributed by atoms with E-state index in [1.54, 1.807) is 16.4 Å². The van der Waals surface area contributed by atoms with Crippen LogP contribution in [0.2, 0.25) is 0 Å². The van der Waals surface area contributed by atoms with Crippen LogP contribution in [0.3, 0.4) is 0 Å². The van der Waals surface area contributed by atoms with E-state index in [4.69, 9.17) is 0 Å². The van der Waals surface area contributed by atoms with Gasteiger partial charge in [0.2, 0.25) is 10.0 Å². The Morgan fingerprint density at radius 3 is 2.81 bits per heavy atom. The molecule has 5 nitrogen and oxygen atoms in total. The predicted molar refractivity (Wildman–Crippen MR) is 88.3 cm³/mol. The van der Waals surface area contributed by atoms with Crippen molar-refractivity contribution in [3.05, 3.63) is 18.3 Å². The van der Waals surface area contributed by atoms with Gasteiger partial charge in [-0.3, -0.25) is 0 Å². The third-order valence-corrected chi connectivity index (χ3v) is 7.03. The Labute approximate surface area is 131 Å². The van der Waals surface area contributed by atoms with Gasteiger partial charge in [0.1, 0.15) is 10.7 Å². The first-order chi connectivity index (χ1) is 9.96. The number of pyridine rings is 1. The molecule has 2 atom stereocenters. The van der Waals surface area contributed by atoms with E-state index in [-0.39, 0.29) is 10.9 Å². The molecule has 2 heterocycles. The van der Waals surface area contributed by atoms with Crippen LogP contribution in [0.5, 0.6) is 0 Å². The molecule has 0 aromatic carbocycles. The van der Waals surface area contributed by atoms with Crippen molar-refractivity contribution >= 4 is 27.6 Å². The normalized spacial score (nSPS) is 24.0. The minimum Gasteiger partial charge on any atom is -0.370 e. The van der Waals surface area contributed by atoms with Crippen LogP contribution in [0.4, 0.5) is 5.82 Å². The van der Waals surface area contributed by atoms with Crippen LogP contribution in [-0.4, -0.2) is 47.8 Å². The fourth-order valence-corrected chi connectivity index (χ4v) is 5.21. The molecule has 1 aliphatic rings. The van der Waals surface area contributed by atoms with Gasteiger partial charge >= 0.3 is 0 Å². The predicted octanol–water partition coefficient (Wildman–Crippen LogP) is 2.42. The zero-order chi connectivity index (χ0) is 15.5. The molecule has 1 aromatic heterocycles. The van der Waals surface area contributed by atoms with Crippen molar-refractivity contribution in [2.75, 3.05) is 24.2 Å². The van der Waals surface area contributed by atoms with Gasteiger partial charge < -0.3 is 5.32 Å². The molecular formula is C14H23N3O2S2. The van der Waals surface area contributed by atoms with Crippen LogP contribution in [0.1, 0.15) is 27.2 Å². The summed E-state index contributed by atoms with van der Waals surface area (Å²) in [6.45, 7) is 7.51. The highest BCUT2D eigenvalue weighted by Crippen LogP contribution is 2.29. The van der Waals surface area contributed by atoms with E-state index >= 15 is 0 Å². The summed E-state index contributed by atoms with van der Waals surface area (Å²) < 4.78 is 27.1. The van der Waals surface area contributed by atoms with E-state index in [1.165, 1.54) is 6.20 Å². The van der Waals surface area contributed by atoms with Crippen molar-refractivity contribution in [3.8, 4) is 0 Å². The molecular weight excluding hydrogens is 306 g/mol. The molecule has 7 heteroatoms. The number of sulfonamides is 1. The van der Waals surface area contributed by atoms with E-state index in [0.29, 0.717) is 17.6 Å². The lowest BCUT2D eigenvalue weighted by Crippen LogP contribution is -2.47. The SMILES string of the molecule is CCCNc1ccc(S(=O)(=O)N2CCSC(C)C2C)cn1. The van der Waals surface area contributed by atoms with Gasteiger partial charge in [-0.1, -0.05) is 13.8 Å². The highest BCUT2D eigenvalue weighted by molar-refractivity contribution is 8.00. The van der Waals surface area contributed by atoms with Gasteiger partial charge in [0.15, 0.2) is 0 Å². The lowest BCUT2D eigenvalue weighted by atomic mass is 10.2. The number of thioether (sulfide) groups is 1. The van der Waals surface area contributed by atoms with Crippen molar-refractivity contribution in [2.24, 2.45) is 0 Å². The minimum atomic E-state index is -3.45. The number of hydrogen-bond acceptors (Lipinski definition) is 5. The molecule has 1 aromatic rings. The Morgan fingerprint density at radius 1 is 1.43 bits per heavy atom. The maximum Gasteiger partial charge on any atom is 0.244 e. The van der Waals surface area contributed by atoms with E-state index in [9.17, 15) is 8.42 Å². The van der Waals surface area contributed by atoms with Crippen LogP contribution in [0, 0.1) is 0 Å². The quantitative estimate of drug-likeness (QED) is 0.899. The first kappa shape index (κ1) is 16.6. The molecule has 118 valence electrons. The molecule has 2 unspecified atom stereocenters. The molecule has 1 fully saturated rings. The number of hydrogen-bond donors (Lipinski definition) is 1. The van der Waals surface area contributed by atoms with Crippen LogP contribution >= 0.6 is 11.8 Å². The summed E-state index contributed by atoms with van der Waals surface area (Å²) in [6, 6.07) is 3.38. The zero-order valence-corrected chi connectivity index (χ0v) is 14.4. The first-order valence-electron chi connectivity index (χ1n) is 7.30. The maximum atomic E-state index is 12.7. The molecule has 1 N–H and O–H groups in total. The van der Waals surface area contributed by atoms with Gasteiger partial charge in [0.25, 0.3) is 0 Å². The summed E-state index contributed by atoms with van der Waals surface area (Å²) in [7, 11) is -3.45. The average molecular weight is 329 g/mol. The number of nitrogens with one attached hydrogen (secondary N) is 1. The molecule has 0 bridgehead atoms. The molecule has 0 spiro atoms. The Bertz CT molecular complexity index is 560. The van der Waals surface area contributed by atoms with Crippen LogP contribution < -0.4 is 5.32 Å². The third kappa shape index (κ3) is 3.70. The molecule has 2 rings (SSSR count). The molecule has 0 radical (unpaired) electrons. The van der Waals surface area contributed by atoms with Crippen LogP contribution in [-0.2, 0) is 10.0 Å². The molecule has 21 heavy (non-hydrogen) atoms. The van der Waals surface area contributed by atoms with Gasteiger partial charge in [0, 0.05) is 36.3 Å². The highest BCUT2D eigenvalue weighted by Gasteiger charge is 2.35. The van der Waals surface area contributed by atoms with Gasteiger partial charge in [-0.25, -0.2) is 13.4 Å². The summed E-state index contributed by atoms with van der Waals surface area (Å²) >= 11 is 1.82. The van der Waals surface area contributed by atoms with Crippen LogP contribution in [0.15, 0.2) is 23.2 Å². The number of nitrogens with zero attached hydrogens (tertiary/aromatic N) is 2. The summed E-state index contributed by atoms with van der Waals surface area (Å²) in [5, 5.41) is 3.46. The average Bonchev–Trinajstić information content (AvgIpc) is 2.48. The minimum absolute atomic E-state index is 0.00615. The van der Waals surface area contributed by atoms with Gasteiger partial charge in [-0.05, 0) is 25.5 Å². The number of rotatable bonds is 5. The molecule has 1 saturated heterocycles. The number of anilines is 1. The summed E-state index contributed by atoms with van der Waals surface area (Å²) in [5.41, 5.74) is 0. The number of aromatic nitrogens is 1. The lowest BCUT2D eigenvalue weighted by Gasteiger charge is -2.36. The fraction of sp³-hybridized carbons (Fsp3) is 0.643. The van der Waals surface area contributed by atoms with Crippen molar-refractivity contribution in [1.29, 1.82) is 0 Å². The smallest absolute Gasteiger partial charge is 0.244 e. The monoisotopic (exact) mass is 329 g/mol. The van der Waals surface area contributed by atoms with E-state index in [2.05, 4.69) is 24.1 Å². The van der Waals surface area contributed by atoms with E-state index < -0.39 is 10.0 Å². The summed E-state index contributed by atoms with van der Waals surface area (Å²) in [4.78, 5) is 4.47. The lowest BCUT2D eigenvalue weighted by molar-refractivity contribution is 0.340. The van der Waals surface area contributed by atoms with Crippen LogP contribution in [0.25, 0.3) is 0 Å². The van der Waals surface area contributed by atoms with Crippen molar-refractivity contribution in [1.82, 2.24) is 9.29 Å². The Morgan fingerprint density at radius 2 is 2.19 bits per heavy atom. The summed E-state index contributed by atoms with van der Waals surface area (Å²) in [6.07, 6.45) is 2.45. The topological polar surface area (TPSA) is 62.3 Å². The zero-order valence-electron chi connectivity index (χ0n) is 12.7. The van der Waals surface area contributed by atoms with Crippen molar-refractivity contribution in [2.45, 2.75) is 43.4 Å². The second kappa shape index (κ2) is 6.98. The van der Waals surface area contributed by atoms with Gasteiger partial charge in [-0.15, -0.1) is 0 Å². The third-order valence-electron chi connectivity index (χ3n) is 3.73. The van der Waals surface area contributed by atoms with Crippen molar-refractivity contribution < 1.29 is 8.42 Å². The Balaban J connectivity index is 2.19. The second-order valence-electron chi connectivity index (χ2n) is 5.24. The molecule has 0 saturated carbocycles.